The van der Waals surface area contributed by atoms with E-state index in [9.17, 15) is 9.18 Å². The van der Waals surface area contributed by atoms with E-state index >= 15 is 0 Å². The number of fused-ring (bicyclic) bond motifs is 7. The van der Waals surface area contributed by atoms with E-state index in [1.54, 1.807) is 6.20 Å². The van der Waals surface area contributed by atoms with Crippen LogP contribution >= 0.6 is 0 Å². The van der Waals surface area contributed by atoms with Crippen molar-refractivity contribution in [1.82, 2.24) is 24.9 Å². The highest BCUT2D eigenvalue weighted by Gasteiger charge is 2.54. The number of carbonyl (C=O) groups excluding carboxylic acids is 1. The molecule has 0 aromatic carbocycles. The van der Waals surface area contributed by atoms with Crippen LogP contribution in [0.1, 0.15) is 35.3 Å². The molecule has 2 bridgehead atoms. The molecule has 2 aliphatic heterocycles. The Labute approximate surface area is 171 Å². The summed E-state index contributed by atoms with van der Waals surface area (Å²) in [6.45, 7) is 2.86. The summed E-state index contributed by atoms with van der Waals surface area (Å²) in [6, 6.07) is 3.25. The molecule has 0 radical (unpaired) electrons. The van der Waals surface area contributed by atoms with Crippen LogP contribution < -0.4 is 20.7 Å². The number of nitrogen functional groups attached to an aromatic ring is 1. The van der Waals surface area contributed by atoms with Crippen LogP contribution in [0.5, 0.6) is 5.88 Å². The summed E-state index contributed by atoms with van der Waals surface area (Å²) in [5, 5.41) is 7.04. The molecule has 3 N–H and O–H groups in total. The summed E-state index contributed by atoms with van der Waals surface area (Å²) < 4.78 is 21.7. The summed E-state index contributed by atoms with van der Waals surface area (Å²) >= 11 is 0. The van der Waals surface area contributed by atoms with Crippen molar-refractivity contribution in [3.05, 3.63) is 41.5 Å². The first kappa shape index (κ1) is 17.4. The first-order valence-electron chi connectivity index (χ1n) is 10.0. The average molecular weight is 409 g/mol. The summed E-state index contributed by atoms with van der Waals surface area (Å²) in [6.07, 6.45) is 3.61. The van der Waals surface area contributed by atoms with Crippen LogP contribution in [0.25, 0.3) is 5.65 Å². The Morgan fingerprint density at radius 1 is 1.40 bits per heavy atom. The topological polar surface area (TPSA) is 111 Å². The molecule has 154 valence electrons. The number of ether oxygens (including phenoxy) is 1. The van der Waals surface area contributed by atoms with Crippen LogP contribution in [0, 0.1) is 17.7 Å². The molecule has 5 heterocycles. The zero-order chi connectivity index (χ0) is 20.6. The second kappa shape index (κ2) is 6.04. The maximum atomic E-state index is 14.2. The van der Waals surface area contributed by atoms with E-state index < -0.39 is 5.82 Å². The van der Waals surface area contributed by atoms with E-state index in [0.29, 0.717) is 34.7 Å². The van der Waals surface area contributed by atoms with Crippen LogP contribution in [-0.4, -0.2) is 44.7 Å². The van der Waals surface area contributed by atoms with Gasteiger partial charge < -0.3 is 20.7 Å². The first-order chi connectivity index (χ1) is 14.5. The fraction of sp³-hybridized carbons (Fsp3) is 0.400. The van der Waals surface area contributed by atoms with Gasteiger partial charge in [0.2, 0.25) is 5.88 Å². The molecule has 2 fully saturated rings. The number of rotatable bonds is 0. The third-order valence-electron chi connectivity index (χ3n) is 6.20. The molecule has 1 aliphatic carbocycles. The van der Waals surface area contributed by atoms with Crippen LogP contribution in [-0.2, 0) is 0 Å². The van der Waals surface area contributed by atoms with E-state index in [1.165, 1.54) is 10.6 Å². The van der Waals surface area contributed by atoms with Gasteiger partial charge in [0.1, 0.15) is 23.3 Å². The fourth-order valence-corrected chi connectivity index (χ4v) is 4.72. The Balaban J connectivity index is 1.56. The molecule has 1 saturated heterocycles. The predicted octanol–water partition coefficient (Wildman–Crippen LogP) is 1.55. The molecule has 3 aromatic heterocycles. The third-order valence-corrected chi connectivity index (χ3v) is 6.20. The van der Waals surface area contributed by atoms with E-state index in [1.807, 2.05) is 13.0 Å². The third kappa shape index (κ3) is 2.52. The van der Waals surface area contributed by atoms with E-state index in [2.05, 4.69) is 20.3 Å². The minimum atomic E-state index is -0.402. The molecule has 3 aliphatic rings. The second-order valence-electron chi connectivity index (χ2n) is 8.26. The molecule has 1 saturated carbocycles. The number of anilines is 2. The van der Waals surface area contributed by atoms with Gasteiger partial charge in [0.25, 0.3) is 5.91 Å². The molecule has 1 amide bonds. The number of hydrogen-bond donors (Lipinski definition) is 2. The van der Waals surface area contributed by atoms with Gasteiger partial charge in [0.15, 0.2) is 11.5 Å². The standard InChI is InChI=1S/C20H20FN7O2/c1-9-6-23-19(29)15-17(22)26-28-3-2-14(25-18(15)28)27-8-10-4-12(10)16(27)13-5-11(21)7-24-20(13)30-9/h2-3,5,7,9-10,12,16H,4,6,8H2,1H3,(H2,22,26)(H,23,29). The number of halogens is 1. The minimum absolute atomic E-state index is 0.0940. The van der Waals surface area contributed by atoms with Gasteiger partial charge in [-0.2, -0.15) is 0 Å². The van der Waals surface area contributed by atoms with Crippen molar-refractivity contribution in [3.63, 3.8) is 0 Å². The van der Waals surface area contributed by atoms with Gasteiger partial charge in [-0.3, -0.25) is 4.79 Å². The molecule has 10 heteroatoms. The van der Waals surface area contributed by atoms with Gasteiger partial charge in [-0.1, -0.05) is 0 Å². The summed E-state index contributed by atoms with van der Waals surface area (Å²) in [7, 11) is 0. The molecular formula is C20H20FN7O2. The maximum absolute atomic E-state index is 14.2. The predicted molar refractivity (Wildman–Crippen MR) is 106 cm³/mol. The van der Waals surface area contributed by atoms with Crippen molar-refractivity contribution in [3.8, 4) is 5.88 Å². The average Bonchev–Trinajstić information content (AvgIpc) is 3.25. The molecule has 4 atom stereocenters. The Morgan fingerprint density at radius 3 is 3.13 bits per heavy atom. The highest BCUT2D eigenvalue weighted by Crippen LogP contribution is 2.58. The zero-order valence-electron chi connectivity index (χ0n) is 16.2. The van der Waals surface area contributed by atoms with Crippen molar-refractivity contribution in [2.24, 2.45) is 11.8 Å². The normalized spacial score (nSPS) is 27.3. The number of carbonyl (C=O) groups is 1. The molecule has 9 nitrogen and oxygen atoms in total. The van der Waals surface area contributed by atoms with Crippen LogP contribution in [0.2, 0.25) is 0 Å². The summed E-state index contributed by atoms with van der Waals surface area (Å²) in [5.41, 5.74) is 7.37. The van der Waals surface area contributed by atoms with Gasteiger partial charge >= 0.3 is 0 Å². The lowest BCUT2D eigenvalue weighted by Gasteiger charge is -2.30. The van der Waals surface area contributed by atoms with Crippen molar-refractivity contribution in [2.75, 3.05) is 23.7 Å². The van der Waals surface area contributed by atoms with Crippen molar-refractivity contribution < 1.29 is 13.9 Å². The highest BCUT2D eigenvalue weighted by molar-refractivity contribution is 6.04. The van der Waals surface area contributed by atoms with Gasteiger partial charge in [-0.05, 0) is 37.3 Å². The van der Waals surface area contributed by atoms with Gasteiger partial charge in [0.05, 0.1) is 18.8 Å². The van der Waals surface area contributed by atoms with Gasteiger partial charge in [0, 0.05) is 18.3 Å². The van der Waals surface area contributed by atoms with Gasteiger partial charge in [-0.25, -0.2) is 18.9 Å². The largest absolute Gasteiger partial charge is 0.473 e. The molecule has 6 rings (SSSR count). The number of piperidine rings is 1. The number of nitrogens with zero attached hydrogens (tertiary/aromatic N) is 5. The SMILES string of the molecule is CC1CNC(=O)c2c(N)nn3ccc(nc23)N2CC3CC3C2c2cc(F)cnc2O1. The number of nitrogens with two attached hydrogens (primary N) is 1. The number of hydrogen-bond acceptors (Lipinski definition) is 7. The lowest BCUT2D eigenvalue weighted by molar-refractivity contribution is 0.0932. The maximum Gasteiger partial charge on any atom is 0.259 e. The van der Waals surface area contributed by atoms with Crippen LogP contribution in [0.15, 0.2) is 24.5 Å². The minimum Gasteiger partial charge on any atom is -0.473 e. The van der Waals surface area contributed by atoms with E-state index in [0.717, 1.165) is 19.2 Å². The number of amides is 1. The lowest BCUT2D eigenvalue weighted by atomic mass is 10.0. The molecule has 3 aromatic rings. The second-order valence-corrected chi connectivity index (χ2v) is 8.26. The summed E-state index contributed by atoms with van der Waals surface area (Å²) in [5.74, 6) is 1.35. The first-order valence-corrected chi connectivity index (χ1v) is 10.0. The van der Waals surface area contributed by atoms with Crippen LogP contribution in [0.3, 0.4) is 0 Å². The van der Waals surface area contributed by atoms with Gasteiger partial charge in [-0.15, -0.1) is 5.10 Å². The monoisotopic (exact) mass is 409 g/mol. The molecule has 30 heavy (non-hydrogen) atoms. The summed E-state index contributed by atoms with van der Waals surface area (Å²) in [4.78, 5) is 23.9. The Bertz CT molecular complexity index is 1200. The zero-order valence-corrected chi connectivity index (χ0v) is 16.2. The highest BCUT2D eigenvalue weighted by atomic mass is 19.1. The quantitative estimate of drug-likeness (QED) is 0.580. The molecule has 4 unspecified atom stereocenters. The smallest absolute Gasteiger partial charge is 0.259 e. The fourth-order valence-electron chi connectivity index (χ4n) is 4.72. The lowest BCUT2D eigenvalue weighted by Crippen LogP contribution is -2.34. The van der Waals surface area contributed by atoms with E-state index in [-0.39, 0.29) is 36.0 Å². The van der Waals surface area contributed by atoms with Crippen molar-refractivity contribution in [2.45, 2.75) is 25.5 Å². The molecular weight excluding hydrogens is 389 g/mol. The van der Waals surface area contributed by atoms with Crippen LogP contribution in [0.4, 0.5) is 16.0 Å². The Morgan fingerprint density at radius 2 is 2.27 bits per heavy atom. The molecule has 0 spiro atoms. The number of pyridine rings is 1. The van der Waals surface area contributed by atoms with E-state index in [4.69, 9.17) is 15.5 Å². The van der Waals surface area contributed by atoms with Crippen molar-refractivity contribution in [1.29, 1.82) is 0 Å². The number of nitrogens with one attached hydrogen (secondary N) is 1. The number of aromatic nitrogens is 4. The van der Waals surface area contributed by atoms with Crippen molar-refractivity contribution >= 4 is 23.2 Å². The Kier molecular flexibility index (Phi) is 3.51. The Hall–Kier alpha value is -3.43.